The smallest absolute Gasteiger partial charge is 0.0516 e. The van der Waals surface area contributed by atoms with Crippen LogP contribution in [0.4, 0.5) is 5.69 Å². The highest BCUT2D eigenvalue weighted by molar-refractivity contribution is 7.10. The molecule has 0 atom stereocenters. The zero-order valence-electron chi connectivity index (χ0n) is 12.0. The van der Waals surface area contributed by atoms with Gasteiger partial charge in [0.1, 0.15) is 0 Å². The standard InChI is InChI=1S/C16H21ClN2S/c1-3-19(4-2)11-13-6-5-7-15(8-13)18-10-16-9-14(17)12-20-16/h5-9,12,18H,3-4,10-11H2,1-2H3. The quantitative estimate of drug-likeness (QED) is 0.786. The fraction of sp³-hybridized carbons (Fsp3) is 0.375. The molecule has 1 aromatic carbocycles. The highest BCUT2D eigenvalue weighted by atomic mass is 35.5. The SMILES string of the molecule is CCN(CC)Cc1cccc(NCc2cc(Cl)cs2)c1. The maximum atomic E-state index is 5.93. The lowest BCUT2D eigenvalue weighted by atomic mass is 10.2. The van der Waals surface area contributed by atoms with Crippen molar-refractivity contribution in [1.29, 1.82) is 0 Å². The summed E-state index contributed by atoms with van der Waals surface area (Å²) in [6.45, 7) is 8.40. The Morgan fingerprint density at radius 3 is 2.65 bits per heavy atom. The lowest BCUT2D eigenvalue weighted by Crippen LogP contribution is -2.22. The van der Waals surface area contributed by atoms with Gasteiger partial charge in [0.15, 0.2) is 0 Å². The normalized spacial score (nSPS) is 11.0. The molecule has 2 aromatic rings. The van der Waals surface area contributed by atoms with Gasteiger partial charge in [-0.25, -0.2) is 0 Å². The molecule has 0 aliphatic heterocycles. The predicted octanol–water partition coefficient (Wildman–Crippen LogP) is 4.86. The molecule has 0 spiro atoms. The number of anilines is 1. The van der Waals surface area contributed by atoms with Crippen molar-refractivity contribution >= 4 is 28.6 Å². The molecule has 20 heavy (non-hydrogen) atoms. The number of hydrogen-bond acceptors (Lipinski definition) is 3. The van der Waals surface area contributed by atoms with E-state index in [9.17, 15) is 0 Å². The van der Waals surface area contributed by atoms with E-state index in [2.05, 4.69) is 48.3 Å². The van der Waals surface area contributed by atoms with Gasteiger partial charge in [-0.05, 0) is 36.9 Å². The first-order chi connectivity index (χ1) is 9.71. The van der Waals surface area contributed by atoms with E-state index in [1.54, 1.807) is 11.3 Å². The number of nitrogens with one attached hydrogen (secondary N) is 1. The molecular weight excluding hydrogens is 288 g/mol. The second-order valence-electron chi connectivity index (χ2n) is 4.75. The van der Waals surface area contributed by atoms with Crippen molar-refractivity contribution in [3.63, 3.8) is 0 Å². The second-order valence-corrected chi connectivity index (χ2v) is 6.18. The minimum atomic E-state index is 0.821. The van der Waals surface area contributed by atoms with Crippen molar-refractivity contribution in [2.75, 3.05) is 18.4 Å². The molecule has 1 heterocycles. The van der Waals surface area contributed by atoms with Crippen LogP contribution in [-0.4, -0.2) is 18.0 Å². The summed E-state index contributed by atoms with van der Waals surface area (Å²) in [7, 11) is 0. The van der Waals surface area contributed by atoms with Crippen LogP contribution < -0.4 is 5.32 Å². The number of rotatable bonds is 7. The van der Waals surface area contributed by atoms with Crippen molar-refractivity contribution in [3.8, 4) is 0 Å². The molecule has 0 radical (unpaired) electrons. The summed E-state index contributed by atoms with van der Waals surface area (Å²) in [6, 6.07) is 10.7. The molecule has 0 saturated carbocycles. The summed E-state index contributed by atoms with van der Waals surface area (Å²) in [5, 5.41) is 6.25. The van der Waals surface area contributed by atoms with E-state index in [0.717, 1.165) is 31.2 Å². The Labute approximate surface area is 130 Å². The molecule has 0 saturated heterocycles. The van der Waals surface area contributed by atoms with E-state index in [-0.39, 0.29) is 0 Å². The van der Waals surface area contributed by atoms with Gasteiger partial charge in [0, 0.05) is 29.0 Å². The van der Waals surface area contributed by atoms with Gasteiger partial charge in [0.05, 0.1) is 5.02 Å². The summed E-state index contributed by atoms with van der Waals surface area (Å²) < 4.78 is 0. The molecule has 0 bridgehead atoms. The molecule has 4 heteroatoms. The Bertz CT molecular complexity index is 535. The van der Waals surface area contributed by atoms with Crippen LogP contribution in [0.2, 0.25) is 5.02 Å². The summed E-state index contributed by atoms with van der Waals surface area (Å²) in [4.78, 5) is 3.67. The number of hydrogen-bond donors (Lipinski definition) is 1. The Morgan fingerprint density at radius 2 is 2.00 bits per heavy atom. The lowest BCUT2D eigenvalue weighted by molar-refractivity contribution is 0.296. The van der Waals surface area contributed by atoms with E-state index in [1.807, 2.05) is 11.4 Å². The average Bonchev–Trinajstić information content (AvgIpc) is 2.89. The van der Waals surface area contributed by atoms with Crippen molar-refractivity contribution in [2.45, 2.75) is 26.9 Å². The van der Waals surface area contributed by atoms with E-state index in [4.69, 9.17) is 11.6 Å². The fourth-order valence-electron chi connectivity index (χ4n) is 2.12. The molecule has 0 fully saturated rings. The van der Waals surface area contributed by atoms with Crippen molar-refractivity contribution in [3.05, 3.63) is 51.2 Å². The summed E-state index contributed by atoms with van der Waals surface area (Å²) >= 11 is 7.62. The molecule has 108 valence electrons. The number of benzene rings is 1. The number of halogens is 1. The summed E-state index contributed by atoms with van der Waals surface area (Å²) in [6.07, 6.45) is 0. The topological polar surface area (TPSA) is 15.3 Å². The van der Waals surface area contributed by atoms with Crippen molar-refractivity contribution in [2.24, 2.45) is 0 Å². The highest BCUT2D eigenvalue weighted by Crippen LogP contribution is 2.20. The first-order valence-corrected chi connectivity index (χ1v) is 8.25. The maximum Gasteiger partial charge on any atom is 0.0516 e. The summed E-state index contributed by atoms with van der Waals surface area (Å²) in [5.41, 5.74) is 2.52. The van der Waals surface area contributed by atoms with Gasteiger partial charge >= 0.3 is 0 Å². The van der Waals surface area contributed by atoms with Crippen LogP contribution in [0.3, 0.4) is 0 Å². The van der Waals surface area contributed by atoms with Crippen LogP contribution in [0.1, 0.15) is 24.3 Å². The maximum absolute atomic E-state index is 5.93. The third kappa shape index (κ3) is 4.51. The van der Waals surface area contributed by atoms with Gasteiger partial charge in [-0.3, -0.25) is 4.90 Å². The van der Waals surface area contributed by atoms with Crippen LogP contribution in [0.5, 0.6) is 0 Å². The Morgan fingerprint density at radius 1 is 1.20 bits per heavy atom. The Kier molecular flexibility index (Phi) is 5.89. The van der Waals surface area contributed by atoms with E-state index < -0.39 is 0 Å². The summed E-state index contributed by atoms with van der Waals surface area (Å²) in [5.74, 6) is 0. The lowest BCUT2D eigenvalue weighted by Gasteiger charge is -2.18. The number of thiophene rings is 1. The molecule has 0 amide bonds. The largest absolute Gasteiger partial charge is 0.380 e. The van der Waals surface area contributed by atoms with Crippen LogP contribution >= 0.6 is 22.9 Å². The molecule has 0 aliphatic rings. The monoisotopic (exact) mass is 308 g/mol. The molecule has 1 aromatic heterocycles. The molecule has 2 nitrogen and oxygen atoms in total. The van der Waals surface area contributed by atoms with Gasteiger partial charge in [0.25, 0.3) is 0 Å². The first kappa shape index (κ1) is 15.4. The van der Waals surface area contributed by atoms with Crippen LogP contribution in [-0.2, 0) is 13.1 Å². The van der Waals surface area contributed by atoms with Crippen LogP contribution in [0.25, 0.3) is 0 Å². The Hall–Kier alpha value is -1.03. The van der Waals surface area contributed by atoms with Gasteiger partial charge < -0.3 is 5.32 Å². The zero-order valence-corrected chi connectivity index (χ0v) is 13.6. The molecular formula is C16H21ClN2S. The first-order valence-electron chi connectivity index (χ1n) is 6.99. The number of nitrogens with zero attached hydrogens (tertiary/aromatic N) is 1. The van der Waals surface area contributed by atoms with E-state index in [0.29, 0.717) is 0 Å². The fourth-order valence-corrected chi connectivity index (χ4v) is 3.13. The third-order valence-electron chi connectivity index (χ3n) is 3.32. The second kappa shape index (κ2) is 7.67. The van der Waals surface area contributed by atoms with Crippen molar-refractivity contribution in [1.82, 2.24) is 4.90 Å². The van der Waals surface area contributed by atoms with Gasteiger partial charge in [-0.15, -0.1) is 11.3 Å². The molecule has 2 rings (SSSR count). The third-order valence-corrected chi connectivity index (χ3v) is 4.60. The van der Waals surface area contributed by atoms with Gasteiger partial charge in [-0.2, -0.15) is 0 Å². The zero-order chi connectivity index (χ0) is 14.4. The van der Waals surface area contributed by atoms with E-state index in [1.165, 1.54) is 16.1 Å². The molecule has 0 aliphatic carbocycles. The van der Waals surface area contributed by atoms with E-state index >= 15 is 0 Å². The highest BCUT2D eigenvalue weighted by Gasteiger charge is 2.03. The van der Waals surface area contributed by atoms with Crippen LogP contribution in [0, 0.1) is 0 Å². The van der Waals surface area contributed by atoms with Gasteiger partial charge in [-0.1, -0.05) is 37.6 Å². The molecule has 0 unspecified atom stereocenters. The minimum Gasteiger partial charge on any atom is -0.380 e. The van der Waals surface area contributed by atoms with Gasteiger partial charge in [0.2, 0.25) is 0 Å². The van der Waals surface area contributed by atoms with Crippen molar-refractivity contribution < 1.29 is 0 Å². The predicted molar refractivity (Wildman–Crippen MR) is 89.7 cm³/mol. The van der Waals surface area contributed by atoms with Crippen LogP contribution in [0.15, 0.2) is 35.7 Å². The molecule has 1 N–H and O–H groups in total. The average molecular weight is 309 g/mol. The Balaban J connectivity index is 1.95. The minimum absolute atomic E-state index is 0.821.